The molecule has 0 bridgehead atoms. The lowest BCUT2D eigenvalue weighted by Crippen LogP contribution is -2.22. The fourth-order valence-electron chi connectivity index (χ4n) is 1.16. The van der Waals surface area contributed by atoms with Crippen LogP contribution in [0.2, 0.25) is 0 Å². The van der Waals surface area contributed by atoms with E-state index in [2.05, 4.69) is 4.74 Å². The highest BCUT2D eigenvalue weighted by molar-refractivity contribution is 5.74. The van der Waals surface area contributed by atoms with Gasteiger partial charge in [-0.3, -0.25) is 9.59 Å². The molecule has 0 aromatic rings. The van der Waals surface area contributed by atoms with Gasteiger partial charge in [0.15, 0.2) is 0 Å². The summed E-state index contributed by atoms with van der Waals surface area (Å²) >= 11 is 0. The maximum absolute atomic E-state index is 11.2. The summed E-state index contributed by atoms with van der Waals surface area (Å²) in [5.74, 6) is -2.22. The monoisotopic (exact) mass is 200 g/mol. The lowest BCUT2D eigenvalue weighted by molar-refractivity contribution is -0.149. The standard InChI is InChI=1S/C10H16O4/c1-4-8(10(13)14-5-2)6-7(3)9(11)12/h2,7-8H,4-6H2,1,3H3,(H,11,12). The summed E-state index contributed by atoms with van der Waals surface area (Å²) in [6.07, 6.45) is 0.862. The first-order valence-corrected chi connectivity index (χ1v) is 4.62. The fourth-order valence-corrected chi connectivity index (χ4v) is 1.16. The molecular formula is C10H16O4. The van der Waals surface area contributed by atoms with E-state index >= 15 is 0 Å². The van der Waals surface area contributed by atoms with E-state index in [0.29, 0.717) is 12.8 Å². The largest absolute Gasteiger partial charge is 0.481 e. The van der Waals surface area contributed by atoms with Gasteiger partial charge in [0.2, 0.25) is 0 Å². The minimum atomic E-state index is -0.899. The van der Waals surface area contributed by atoms with Crippen molar-refractivity contribution in [2.75, 3.05) is 6.61 Å². The van der Waals surface area contributed by atoms with E-state index in [1.54, 1.807) is 6.92 Å². The van der Waals surface area contributed by atoms with Crippen molar-refractivity contribution < 1.29 is 19.4 Å². The first kappa shape index (κ1) is 12.9. The molecule has 0 amide bonds. The van der Waals surface area contributed by atoms with Crippen LogP contribution in [0.5, 0.6) is 0 Å². The summed E-state index contributed by atoms with van der Waals surface area (Å²) in [6, 6.07) is 0. The fraction of sp³-hybridized carbons (Fsp3) is 0.700. The summed E-state index contributed by atoms with van der Waals surface area (Å²) in [4.78, 5) is 21.8. The first-order valence-electron chi connectivity index (χ1n) is 4.62. The topological polar surface area (TPSA) is 63.6 Å². The predicted octanol–water partition coefficient (Wildman–Crippen LogP) is 1.38. The molecule has 0 aliphatic rings. The van der Waals surface area contributed by atoms with Crippen LogP contribution < -0.4 is 0 Å². The van der Waals surface area contributed by atoms with Gasteiger partial charge in [-0.05, 0) is 12.8 Å². The van der Waals surface area contributed by atoms with Crippen LogP contribution in [-0.2, 0) is 14.3 Å². The van der Waals surface area contributed by atoms with Gasteiger partial charge in [-0.15, -0.1) is 0 Å². The average Bonchev–Trinajstić information content (AvgIpc) is 2.13. The Hall–Kier alpha value is -1.06. The zero-order valence-corrected chi connectivity index (χ0v) is 8.53. The molecular weight excluding hydrogens is 184 g/mol. The van der Waals surface area contributed by atoms with Gasteiger partial charge in [-0.1, -0.05) is 13.8 Å². The molecule has 14 heavy (non-hydrogen) atoms. The second kappa shape index (κ2) is 6.40. The normalized spacial score (nSPS) is 14.5. The molecule has 0 aliphatic heterocycles. The smallest absolute Gasteiger partial charge is 0.308 e. The number of carboxylic acids is 1. The van der Waals surface area contributed by atoms with E-state index in [9.17, 15) is 9.59 Å². The number of carbonyl (C=O) groups excluding carboxylic acids is 1. The third-order valence-corrected chi connectivity index (χ3v) is 2.11. The number of esters is 1. The summed E-state index contributed by atoms with van der Waals surface area (Å²) < 4.78 is 4.62. The zero-order chi connectivity index (χ0) is 11.1. The Kier molecular flexibility index (Phi) is 5.92. The van der Waals surface area contributed by atoms with Gasteiger partial charge in [-0.2, -0.15) is 0 Å². The Balaban J connectivity index is 4.14. The van der Waals surface area contributed by atoms with Gasteiger partial charge < -0.3 is 9.84 Å². The molecule has 0 spiro atoms. The Morgan fingerprint density at radius 3 is 2.43 bits per heavy atom. The molecule has 0 aliphatic carbocycles. The molecule has 0 fully saturated rings. The van der Waals surface area contributed by atoms with E-state index in [-0.39, 0.29) is 12.5 Å². The number of rotatable bonds is 6. The van der Waals surface area contributed by atoms with Crippen LogP contribution in [0.1, 0.15) is 26.7 Å². The maximum atomic E-state index is 11.2. The predicted molar refractivity (Wildman–Crippen MR) is 50.5 cm³/mol. The molecule has 1 N–H and O–H groups in total. The lowest BCUT2D eigenvalue weighted by Gasteiger charge is -2.15. The van der Waals surface area contributed by atoms with Gasteiger partial charge in [-0.25, -0.2) is 0 Å². The molecule has 2 radical (unpaired) electrons. The Morgan fingerprint density at radius 1 is 1.50 bits per heavy atom. The van der Waals surface area contributed by atoms with Crippen molar-refractivity contribution in [1.29, 1.82) is 0 Å². The highest BCUT2D eigenvalue weighted by Crippen LogP contribution is 2.17. The van der Waals surface area contributed by atoms with Crippen molar-refractivity contribution in [2.45, 2.75) is 26.7 Å². The van der Waals surface area contributed by atoms with E-state index in [4.69, 9.17) is 12.0 Å². The average molecular weight is 200 g/mol. The van der Waals surface area contributed by atoms with Crippen LogP contribution in [0, 0.1) is 18.8 Å². The highest BCUT2D eigenvalue weighted by Gasteiger charge is 2.23. The van der Waals surface area contributed by atoms with Crippen molar-refractivity contribution in [3.63, 3.8) is 0 Å². The van der Waals surface area contributed by atoms with E-state index in [1.165, 1.54) is 0 Å². The van der Waals surface area contributed by atoms with Gasteiger partial charge >= 0.3 is 11.9 Å². The summed E-state index contributed by atoms with van der Waals surface area (Å²) in [6.45, 7) is 8.28. The second-order valence-electron chi connectivity index (χ2n) is 3.21. The number of hydrogen-bond acceptors (Lipinski definition) is 3. The van der Waals surface area contributed by atoms with Gasteiger partial charge in [0.25, 0.3) is 0 Å². The molecule has 2 atom stereocenters. The Bertz CT molecular complexity index is 200. The summed E-state index contributed by atoms with van der Waals surface area (Å²) in [7, 11) is 0. The number of carboxylic acid groups (broad SMARTS) is 1. The van der Waals surface area contributed by atoms with Crippen LogP contribution in [-0.4, -0.2) is 23.7 Å². The van der Waals surface area contributed by atoms with Gasteiger partial charge in [0.05, 0.1) is 18.4 Å². The molecule has 0 rings (SSSR count). The summed E-state index contributed by atoms with van der Waals surface area (Å²) in [5.41, 5.74) is 0. The minimum absolute atomic E-state index is 0.156. The number of hydrogen-bond donors (Lipinski definition) is 1. The molecule has 4 heteroatoms. The highest BCUT2D eigenvalue weighted by atomic mass is 16.5. The summed E-state index contributed by atoms with van der Waals surface area (Å²) in [5, 5.41) is 8.66. The van der Waals surface area contributed by atoms with Crippen LogP contribution >= 0.6 is 0 Å². The third-order valence-electron chi connectivity index (χ3n) is 2.11. The molecule has 4 nitrogen and oxygen atoms in total. The first-order chi connectivity index (χ1) is 6.52. The Morgan fingerprint density at radius 2 is 2.07 bits per heavy atom. The van der Waals surface area contributed by atoms with Crippen molar-refractivity contribution in [3.8, 4) is 0 Å². The number of ether oxygens (including phenoxy) is 1. The van der Waals surface area contributed by atoms with Gasteiger partial charge in [0, 0.05) is 6.92 Å². The van der Waals surface area contributed by atoms with Crippen molar-refractivity contribution in [1.82, 2.24) is 0 Å². The van der Waals surface area contributed by atoms with Crippen LogP contribution in [0.25, 0.3) is 0 Å². The molecule has 0 saturated carbocycles. The maximum Gasteiger partial charge on any atom is 0.308 e. The number of carbonyl (C=O) groups is 2. The second-order valence-corrected chi connectivity index (χ2v) is 3.21. The van der Waals surface area contributed by atoms with Crippen LogP contribution in [0.15, 0.2) is 0 Å². The third kappa shape index (κ3) is 4.25. The van der Waals surface area contributed by atoms with E-state index in [1.807, 2.05) is 6.92 Å². The quantitative estimate of drug-likeness (QED) is 0.658. The van der Waals surface area contributed by atoms with Crippen molar-refractivity contribution in [2.24, 2.45) is 11.8 Å². The van der Waals surface area contributed by atoms with Crippen LogP contribution in [0.4, 0.5) is 0 Å². The Labute approximate surface area is 84.3 Å². The molecule has 80 valence electrons. The zero-order valence-electron chi connectivity index (χ0n) is 8.53. The van der Waals surface area contributed by atoms with Crippen molar-refractivity contribution in [3.05, 3.63) is 6.92 Å². The molecule has 0 heterocycles. The SMILES string of the molecule is [CH]COC(=O)C(CC)CC(C)C(=O)O. The lowest BCUT2D eigenvalue weighted by atomic mass is 9.94. The minimum Gasteiger partial charge on any atom is -0.481 e. The van der Waals surface area contributed by atoms with Crippen molar-refractivity contribution >= 4 is 11.9 Å². The van der Waals surface area contributed by atoms with Gasteiger partial charge in [0.1, 0.15) is 0 Å². The molecule has 0 saturated heterocycles. The van der Waals surface area contributed by atoms with Crippen LogP contribution in [0.3, 0.4) is 0 Å². The molecule has 2 unspecified atom stereocenters. The molecule has 0 aromatic heterocycles. The number of aliphatic carboxylic acids is 1. The molecule has 0 aromatic carbocycles. The van der Waals surface area contributed by atoms with E-state index < -0.39 is 17.9 Å². The van der Waals surface area contributed by atoms with E-state index in [0.717, 1.165) is 0 Å².